The van der Waals surface area contributed by atoms with Crippen LogP contribution >= 0.6 is 0 Å². The molecule has 2 nitrogen and oxygen atoms in total. The molecule has 9 aromatic carbocycles. The molecule has 0 aliphatic heterocycles. The van der Waals surface area contributed by atoms with E-state index < -0.39 is 5.41 Å². The monoisotopic (exact) mass is 720 g/mol. The second kappa shape index (κ2) is 11.3. The Morgan fingerprint density at radius 1 is 0.351 bits per heavy atom. The van der Waals surface area contributed by atoms with Gasteiger partial charge in [0, 0.05) is 22.5 Å². The van der Waals surface area contributed by atoms with Gasteiger partial charge in [-0.15, -0.1) is 0 Å². The predicted molar refractivity (Wildman–Crippen MR) is 237 cm³/mol. The first-order chi connectivity index (χ1) is 28.3. The fraction of sp³-hybridized carbons (Fsp3) is 0.0182. The first-order valence-electron chi connectivity index (χ1n) is 19.7. The Labute approximate surface area is 329 Å². The van der Waals surface area contributed by atoms with Gasteiger partial charge in [0.2, 0.25) is 0 Å². The molecule has 57 heavy (non-hydrogen) atoms. The number of fused-ring (bicyclic) bond motifs is 20. The van der Waals surface area contributed by atoms with Gasteiger partial charge >= 0.3 is 0 Å². The summed E-state index contributed by atoms with van der Waals surface area (Å²) in [5.74, 6) is 0. The number of aromatic nitrogens is 2. The van der Waals surface area contributed by atoms with Crippen LogP contribution in [0.25, 0.3) is 98.8 Å². The summed E-state index contributed by atoms with van der Waals surface area (Å²) in [6.45, 7) is 0. The maximum atomic E-state index is 5.17. The average molecular weight is 721 g/mol. The van der Waals surface area contributed by atoms with Crippen molar-refractivity contribution < 1.29 is 0 Å². The van der Waals surface area contributed by atoms with Crippen molar-refractivity contribution in [2.45, 2.75) is 5.41 Å². The largest absolute Gasteiger partial charge is 0.254 e. The van der Waals surface area contributed by atoms with Crippen LogP contribution in [0.15, 0.2) is 194 Å². The Kier molecular flexibility index (Phi) is 6.13. The lowest BCUT2D eigenvalue weighted by Crippen LogP contribution is -2.26. The minimum Gasteiger partial charge on any atom is -0.254 e. The smallest absolute Gasteiger partial charge is 0.0972 e. The summed E-state index contributed by atoms with van der Waals surface area (Å²) in [6.07, 6.45) is 1.85. The van der Waals surface area contributed by atoms with Crippen LogP contribution in [-0.2, 0) is 5.41 Å². The molecule has 2 aromatic heterocycles. The number of rotatable bonds is 2. The summed E-state index contributed by atoms with van der Waals surface area (Å²) >= 11 is 0. The van der Waals surface area contributed by atoms with E-state index in [1.165, 1.54) is 88.0 Å². The molecular formula is C55H32N2. The molecule has 1 spiro atoms. The van der Waals surface area contributed by atoms with E-state index in [0.717, 1.165) is 33.1 Å². The minimum absolute atomic E-state index is 0.496. The number of benzene rings is 9. The predicted octanol–water partition coefficient (Wildman–Crippen LogP) is 13.9. The third kappa shape index (κ3) is 3.99. The maximum Gasteiger partial charge on any atom is 0.0972 e. The van der Waals surface area contributed by atoms with E-state index in [4.69, 9.17) is 9.97 Å². The molecule has 13 rings (SSSR count). The van der Waals surface area contributed by atoms with Crippen LogP contribution in [0, 0.1) is 0 Å². The van der Waals surface area contributed by atoms with Gasteiger partial charge in [0.1, 0.15) is 0 Å². The molecule has 0 saturated carbocycles. The van der Waals surface area contributed by atoms with Gasteiger partial charge in [0.05, 0.1) is 22.1 Å². The van der Waals surface area contributed by atoms with E-state index in [1.54, 1.807) is 0 Å². The van der Waals surface area contributed by atoms with E-state index in [-0.39, 0.29) is 0 Å². The highest BCUT2D eigenvalue weighted by Crippen LogP contribution is 2.67. The zero-order valence-corrected chi connectivity index (χ0v) is 30.9. The first-order valence-corrected chi connectivity index (χ1v) is 19.7. The highest BCUT2D eigenvalue weighted by atomic mass is 14.8. The molecule has 0 unspecified atom stereocenters. The summed E-state index contributed by atoms with van der Waals surface area (Å²) in [5, 5.41) is 9.95. The van der Waals surface area contributed by atoms with Crippen molar-refractivity contribution in [3.05, 3.63) is 217 Å². The van der Waals surface area contributed by atoms with E-state index >= 15 is 0 Å². The molecule has 0 N–H and O–H groups in total. The van der Waals surface area contributed by atoms with Gasteiger partial charge in [0.25, 0.3) is 0 Å². The fourth-order valence-corrected chi connectivity index (χ4v) is 10.6. The van der Waals surface area contributed by atoms with E-state index in [9.17, 15) is 0 Å². The minimum atomic E-state index is -0.496. The lowest BCUT2D eigenvalue weighted by molar-refractivity contribution is 0.809. The standard InChI is InChI=1S/C55H32N2/c1-4-18-42-37(13-1)38-14-2-6-20-44(38)52-50(42)46-32-45(33-23-25-34(26-24-33)49-30-29-36-28-27-35-12-11-31-56-53(35)54(36)57-49)39-15-3-5-19-43(39)51(46)55(52)47-21-9-7-16-40(47)41-17-8-10-22-48(41)55/h1-32H. The van der Waals surface area contributed by atoms with Crippen LogP contribution < -0.4 is 0 Å². The molecular weight excluding hydrogens is 689 g/mol. The summed E-state index contributed by atoms with van der Waals surface area (Å²) in [7, 11) is 0. The van der Waals surface area contributed by atoms with Gasteiger partial charge in [-0.2, -0.15) is 0 Å². The van der Waals surface area contributed by atoms with Crippen molar-refractivity contribution in [1.82, 2.24) is 9.97 Å². The number of nitrogens with zero attached hydrogens (tertiary/aromatic N) is 2. The van der Waals surface area contributed by atoms with Crippen molar-refractivity contribution in [3.8, 4) is 44.6 Å². The van der Waals surface area contributed by atoms with Crippen LogP contribution in [0.2, 0.25) is 0 Å². The number of pyridine rings is 2. The highest BCUT2D eigenvalue weighted by molar-refractivity contribution is 6.22. The van der Waals surface area contributed by atoms with Crippen LogP contribution in [0.5, 0.6) is 0 Å². The van der Waals surface area contributed by atoms with Crippen LogP contribution in [0.3, 0.4) is 0 Å². The van der Waals surface area contributed by atoms with Crippen LogP contribution in [0.1, 0.15) is 22.3 Å². The van der Waals surface area contributed by atoms with Crippen LogP contribution in [0.4, 0.5) is 0 Å². The average Bonchev–Trinajstić information content (AvgIpc) is 3.76. The first kappa shape index (κ1) is 30.9. The Balaban J connectivity index is 1.11. The van der Waals surface area contributed by atoms with E-state index in [0.29, 0.717) is 0 Å². The molecule has 0 atom stereocenters. The zero-order valence-electron chi connectivity index (χ0n) is 30.9. The molecule has 262 valence electrons. The van der Waals surface area contributed by atoms with Crippen LogP contribution in [-0.4, -0.2) is 9.97 Å². The molecule has 0 fully saturated rings. The third-order valence-corrected chi connectivity index (χ3v) is 12.9. The van der Waals surface area contributed by atoms with Gasteiger partial charge < -0.3 is 0 Å². The Morgan fingerprint density at radius 2 is 0.895 bits per heavy atom. The molecule has 0 saturated heterocycles. The lowest BCUT2D eigenvalue weighted by atomic mass is 9.68. The second-order valence-electron chi connectivity index (χ2n) is 15.6. The van der Waals surface area contributed by atoms with Crippen molar-refractivity contribution in [3.63, 3.8) is 0 Å². The van der Waals surface area contributed by atoms with Crippen molar-refractivity contribution in [2.24, 2.45) is 0 Å². The molecule has 0 bridgehead atoms. The zero-order chi connectivity index (χ0) is 37.2. The lowest BCUT2D eigenvalue weighted by Gasteiger charge is -2.33. The van der Waals surface area contributed by atoms with E-state index in [1.807, 2.05) is 12.3 Å². The summed E-state index contributed by atoms with van der Waals surface area (Å²) < 4.78 is 0. The molecule has 0 amide bonds. The number of hydrogen-bond donors (Lipinski definition) is 0. The SMILES string of the molecule is c1ccc2c(c1)-c1ccccc1C21c2c(cc(-c3ccc(-c4ccc5ccc6cccnc6c5n4)cc3)c3ccccc23)-c2c1c1ccccc1c1ccccc21. The number of hydrogen-bond acceptors (Lipinski definition) is 2. The topological polar surface area (TPSA) is 25.8 Å². The van der Waals surface area contributed by atoms with Crippen molar-refractivity contribution in [2.75, 3.05) is 0 Å². The molecule has 11 aromatic rings. The quantitative estimate of drug-likeness (QED) is 0.166. The van der Waals surface area contributed by atoms with Gasteiger partial charge in [0.15, 0.2) is 0 Å². The Hall–Kier alpha value is -7.42. The van der Waals surface area contributed by atoms with Crippen molar-refractivity contribution in [1.29, 1.82) is 0 Å². The Bertz CT molecular complexity index is 3480. The summed E-state index contributed by atoms with van der Waals surface area (Å²) in [5.41, 5.74) is 16.6. The van der Waals surface area contributed by atoms with Gasteiger partial charge in [-0.3, -0.25) is 4.98 Å². The highest BCUT2D eigenvalue weighted by Gasteiger charge is 2.54. The molecule has 2 aliphatic carbocycles. The van der Waals surface area contributed by atoms with Gasteiger partial charge in [-0.25, -0.2) is 4.98 Å². The van der Waals surface area contributed by atoms with Gasteiger partial charge in [-0.05, 0) is 106 Å². The van der Waals surface area contributed by atoms with E-state index in [2.05, 4.69) is 182 Å². The molecule has 2 heteroatoms. The second-order valence-corrected chi connectivity index (χ2v) is 15.6. The summed E-state index contributed by atoms with van der Waals surface area (Å²) in [6, 6.07) is 69.7. The molecule has 2 aliphatic rings. The third-order valence-electron chi connectivity index (χ3n) is 12.9. The summed E-state index contributed by atoms with van der Waals surface area (Å²) in [4.78, 5) is 9.86. The maximum absolute atomic E-state index is 5.17. The molecule has 2 heterocycles. The normalized spacial score (nSPS) is 13.4. The van der Waals surface area contributed by atoms with Crippen molar-refractivity contribution >= 4 is 54.1 Å². The van der Waals surface area contributed by atoms with Gasteiger partial charge in [-0.1, -0.05) is 170 Å². The Morgan fingerprint density at radius 3 is 1.61 bits per heavy atom. The fourth-order valence-electron chi connectivity index (χ4n) is 10.6. The molecule has 0 radical (unpaired) electrons.